The van der Waals surface area contributed by atoms with Gasteiger partial charge in [-0.05, 0) is 106 Å². The summed E-state index contributed by atoms with van der Waals surface area (Å²) in [4.78, 5) is 32.1. The molecule has 1 aromatic heterocycles. The molecule has 1 unspecified atom stereocenters. The van der Waals surface area contributed by atoms with E-state index in [-0.39, 0.29) is 30.9 Å². The number of nitrogens with one attached hydrogen (secondary N) is 1. The van der Waals surface area contributed by atoms with Gasteiger partial charge < -0.3 is 30.0 Å². The van der Waals surface area contributed by atoms with Crippen LogP contribution in [0.3, 0.4) is 0 Å². The lowest BCUT2D eigenvalue weighted by Gasteiger charge is -2.37. The number of anilines is 1. The second-order valence-corrected chi connectivity index (χ2v) is 19.7. The van der Waals surface area contributed by atoms with Crippen molar-refractivity contribution in [1.29, 1.82) is 5.26 Å². The second kappa shape index (κ2) is 19.7. The fraction of sp³-hybridized carbons (Fsp3) is 0.176. The quantitative estimate of drug-likeness (QED) is 0.105. The summed E-state index contributed by atoms with van der Waals surface area (Å²) in [5.74, 6) is 0.132. The molecule has 0 fully saturated rings. The molecule has 2 aliphatic heterocycles. The first kappa shape index (κ1) is 46.2. The molecule has 3 heterocycles. The van der Waals surface area contributed by atoms with Crippen molar-refractivity contribution in [2.45, 2.75) is 49.1 Å². The van der Waals surface area contributed by atoms with E-state index in [0.29, 0.717) is 67.0 Å². The molecule has 3 atom stereocenters. The number of thiazole rings is 1. The molecule has 0 aliphatic carbocycles. The van der Waals surface area contributed by atoms with E-state index in [1.54, 1.807) is 53.9 Å². The average molecular weight is 987 g/mol. The van der Waals surface area contributed by atoms with Gasteiger partial charge >= 0.3 is 5.97 Å². The summed E-state index contributed by atoms with van der Waals surface area (Å²) in [6.07, 6.45) is -0.451. The maximum Gasteiger partial charge on any atom is 0.328 e. The van der Waals surface area contributed by atoms with Crippen molar-refractivity contribution < 1.29 is 37.0 Å². The van der Waals surface area contributed by atoms with Crippen molar-refractivity contribution in [1.82, 2.24) is 14.6 Å². The van der Waals surface area contributed by atoms with E-state index in [0.717, 1.165) is 32.1 Å². The Morgan fingerprint density at radius 3 is 2.22 bits per heavy atom. The summed E-state index contributed by atoms with van der Waals surface area (Å²) >= 11 is 13.5. The molecule has 3 N–H and O–H groups in total. The molecule has 13 nitrogen and oxygen atoms in total. The van der Waals surface area contributed by atoms with E-state index in [9.17, 15) is 23.3 Å². The summed E-state index contributed by atoms with van der Waals surface area (Å²) < 4.78 is 54.5. The maximum absolute atomic E-state index is 14.8. The second-order valence-electron chi connectivity index (χ2n) is 16.1. The Labute approximate surface area is 406 Å². The number of nitrogens with zero attached hydrogens (tertiary/aromatic N) is 3. The normalized spacial score (nSPS) is 15.9. The number of amides is 1. The number of sulfonamides is 1. The zero-order valence-electron chi connectivity index (χ0n) is 36.2. The number of esters is 1. The highest BCUT2D eigenvalue weighted by molar-refractivity contribution is 7.89. The number of aromatic nitrogens is 1. The monoisotopic (exact) mass is 985 g/mol. The van der Waals surface area contributed by atoms with Crippen molar-refractivity contribution in [3.05, 3.63) is 176 Å². The van der Waals surface area contributed by atoms with Crippen LogP contribution >= 0.6 is 34.5 Å². The van der Waals surface area contributed by atoms with Gasteiger partial charge in [-0.3, -0.25) is 4.79 Å². The third-order valence-corrected chi connectivity index (χ3v) is 15.1. The minimum Gasteiger partial charge on any atom is -0.489 e. The van der Waals surface area contributed by atoms with E-state index >= 15 is 0 Å². The fourth-order valence-corrected chi connectivity index (χ4v) is 10.6. The topological polar surface area (TPSA) is 183 Å². The summed E-state index contributed by atoms with van der Waals surface area (Å²) in [7, 11) is -3.13. The summed E-state index contributed by atoms with van der Waals surface area (Å²) in [5, 5.41) is 15.1. The van der Waals surface area contributed by atoms with Gasteiger partial charge in [-0.25, -0.2) is 18.2 Å². The van der Waals surface area contributed by atoms with Gasteiger partial charge in [-0.2, -0.15) is 9.57 Å². The average Bonchev–Trinajstić information content (AvgIpc) is 3.81. The van der Waals surface area contributed by atoms with Gasteiger partial charge in [0.1, 0.15) is 31.0 Å². The Hall–Kier alpha value is -6.93. The van der Waals surface area contributed by atoms with Crippen LogP contribution in [-0.2, 0) is 50.3 Å². The Balaban J connectivity index is 0.961. The number of nitriles is 1. The highest BCUT2D eigenvalue weighted by Gasteiger charge is 2.42. The zero-order chi connectivity index (χ0) is 47.5. The molecule has 1 amide bonds. The molecule has 6 aromatic carbocycles. The lowest BCUT2D eigenvalue weighted by molar-refractivity contribution is -0.145. The van der Waals surface area contributed by atoms with Gasteiger partial charge in [-0.1, -0.05) is 89.9 Å². The number of rotatable bonds is 13. The van der Waals surface area contributed by atoms with Crippen LogP contribution in [-0.4, -0.2) is 55.4 Å². The molecule has 17 heteroatoms. The Kier molecular flexibility index (Phi) is 13.4. The number of carbonyl (C=O) groups excluding carboxylic acids is 2. The first-order chi connectivity index (χ1) is 32.8. The number of carbonyl (C=O) groups is 2. The molecule has 344 valence electrons. The molecule has 0 radical (unpaired) electrons. The van der Waals surface area contributed by atoms with Gasteiger partial charge in [-0.15, -0.1) is 11.3 Å². The molecule has 68 heavy (non-hydrogen) atoms. The molecule has 0 saturated carbocycles. The number of nitrogens with two attached hydrogens (primary N) is 1. The lowest BCUT2D eigenvalue weighted by Crippen LogP contribution is -2.56. The van der Waals surface area contributed by atoms with Crippen molar-refractivity contribution in [2.75, 3.05) is 19.5 Å². The number of fused-ring (bicyclic) bond motifs is 2. The van der Waals surface area contributed by atoms with Crippen LogP contribution in [0.15, 0.2) is 138 Å². The standard InChI is InChI=1S/C51H41Cl2N5O8S2/c1-63-50(60)43(21-30-2-7-33(8-3-30)34-9-4-31(25-54)5-10-34)56-49(59)45-22-37-23-46-47(24-38(37)26-58(45)68(61,62)40-17-13-35(14-18-40)44-29-67-51(55)57-44)66-48(28-65-46)36-11-15-39(16-12-36)64-27-32-6-19-41(52)42(53)20-32/h2-20,23-24,29,43,45,48H,21-22,26-28H2,1H3,(H2,55,57)(H,56,59)/t43-,45-,48?/m0/s1. The zero-order valence-corrected chi connectivity index (χ0v) is 39.4. The van der Waals surface area contributed by atoms with Crippen molar-refractivity contribution in [3.63, 3.8) is 0 Å². The van der Waals surface area contributed by atoms with Gasteiger partial charge in [0.25, 0.3) is 0 Å². The first-order valence-corrected chi connectivity index (χ1v) is 24.4. The van der Waals surface area contributed by atoms with Crippen molar-refractivity contribution in [3.8, 4) is 45.7 Å². The highest BCUT2D eigenvalue weighted by atomic mass is 35.5. The van der Waals surface area contributed by atoms with Crippen LogP contribution in [0.25, 0.3) is 22.4 Å². The predicted molar refractivity (Wildman–Crippen MR) is 259 cm³/mol. The molecule has 0 bridgehead atoms. The molecule has 0 spiro atoms. The maximum atomic E-state index is 14.8. The van der Waals surface area contributed by atoms with Gasteiger partial charge in [0.05, 0.1) is 39.4 Å². The third kappa shape index (κ3) is 10.0. The van der Waals surface area contributed by atoms with E-state index in [1.807, 2.05) is 66.7 Å². The van der Waals surface area contributed by atoms with Crippen LogP contribution in [0.1, 0.15) is 39.5 Å². The summed E-state index contributed by atoms with van der Waals surface area (Å²) in [5.41, 5.74) is 13.2. The van der Waals surface area contributed by atoms with Crippen LogP contribution in [0.2, 0.25) is 10.0 Å². The smallest absolute Gasteiger partial charge is 0.328 e. The summed E-state index contributed by atoms with van der Waals surface area (Å²) in [6.45, 7) is 0.300. The summed E-state index contributed by atoms with van der Waals surface area (Å²) in [6, 6.07) is 36.9. The first-order valence-electron chi connectivity index (χ1n) is 21.3. The van der Waals surface area contributed by atoms with Crippen LogP contribution < -0.4 is 25.3 Å². The number of halogens is 2. The van der Waals surface area contributed by atoms with Crippen LogP contribution in [0.4, 0.5) is 5.13 Å². The van der Waals surface area contributed by atoms with E-state index in [1.165, 1.54) is 30.6 Å². The molecule has 0 saturated heterocycles. The van der Waals surface area contributed by atoms with Gasteiger partial charge in [0, 0.05) is 23.9 Å². The highest BCUT2D eigenvalue weighted by Crippen LogP contribution is 2.42. The Morgan fingerprint density at radius 2 is 1.56 bits per heavy atom. The van der Waals surface area contributed by atoms with Crippen LogP contribution in [0.5, 0.6) is 17.2 Å². The molecule has 9 rings (SSSR count). The van der Waals surface area contributed by atoms with E-state index in [2.05, 4.69) is 16.4 Å². The van der Waals surface area contributed by atoms with E-state index in [4.69, 9.17) is 47.9 Å². The molecule has 7 aromatic rings. The minimum absolute atomic E-state index is 0.0342. The lowest BCUT2D eigenvalue weighted by atomic mass is 9.93. The van der Waals surface area contributed by atoms with Gasteiger partial charge in [0.2, 0.25) is 15.9 Å². The number of benzene rings is 6. The minimum atomic E-state index is -4.35. The number of nitrogen functional groups attached to an aromatic ring is 1. The van der Waals surface area contributed by atoms with Crippen molar-refractivity contribution >= 4 is 61.6 Å². The van der Waals surface area contributed by atoms with Crippen molar-refractivity contribution in [2.24, 2.45) is 0 Å². The largest absolute Gasteiger partial charge is 0.489 e. The number of ether oxygens (including phenoxy) is 4. The Morgan fingerprint density at radius 1 is 0.882 bits per heavy atom. The SMILES string of the molecule is COC(=O)[C@H](Cc1ccc(-c2ccc(C#N)cc2)cc1)NC(=O)[C@@H]1Cc2cc3c(cc2CN1S(=O)(=O)c1ccc(-c2csc(N)n2)cc1)OC(c1ccc(OCc2ccc(Cl)c(Cl)c2)cc1)CO3. The molecular formula is C51H41Cl2N5O8S2. The number of methoxy groups -OCH3 is 1. The van der Waals surface area contributed by atoms with Gasteiger partial charge in [0.15, 0.2) is 22.7 Å². The Bertz CT molecular complexity index is 3160. The predicted octanol–water partition coefficient (Wildman–Crippen LogP) is 9.35. The third-order valence-electron chi connectivity index (χ3n) is 11.8. The number of hydrogen-bond donors (Lipinski definition) is 2. The number of hydrogen-bond acceptors (Lipinski definition) is 12. The molecule has 2 aliphatic rings. The molecular weight excluding hydrogens is 946 g/mol. The van der Waals surface area contributed by atoms with E-state index < -0.39 is 40.1 Å². The van der Waals surface area contributed by atoms with Crippen LogP contribution in [0, 0.1) is 11.3 Å². The fourth-order valence-electron chi connectivity index (χ4n) is 8.11.